The summed E-state index contributed by atoms with van der Waals surface area (Å²) in [7, 11) is 1.87. The molecule has 1 aromatic carbocycles. The minimum Gasteiger partial charge on any atom is -0.383 e. The molecule has 1 aromatic heterocycles. The van der Waals surface area contributed by atoms with E-state index < -0.39 is 0 Å². The summed E-state index contributed by atoms with van der Waals surface area (Å²) < 4.78 is 7.17. The van der Waals surface area contributed by atoms with Gasteiger partial charge < -0.3 is 10.5 Å². The molecule has 0 bridgehead atoms. The number of anilines is 1. The molecular weight excluding hydrogens is 238 g/mol. The van der Waals surface area contributed by atoms with Gasteiger partial charge >= 0.3 is 0 Å². The van der Waals surface area contributed by atoms with Crippen LogP contribution in [0, 0.1) is 0 Å². The highest BCUT2D eigenvalue weighted by atomic mass is 16.5. The van der Waals surface area contributed by atoms with Crippen LogP contribution in [0.4, 0.5) is 5.82 Å². The predicted octanol–water partition coefficient (Wildman–Crippen LogP) is 2.56. The molecule has 0 spiro atoms. The van der Waals surface area contributed by atoms with Crippen LogP contribution in [0.25, 0.3) is 11.1 Å². The van der Waals surface area contributed by atoms with E-state index in [-0.39, 0.29) is 0 Å². The first-order valence-corrected chi connectivity index (χ1v) is 6.72. The van der Waals surface area contributed by atoms with E-state index in [2.05, 4.69) is 29.4 Å². The van der Waals surface area contributed by atoms with Crippen LogP contribution in [0.2, 0.25) is 0 Å². The van der Waals surface area contributed by atoms with Crippen LogP contribution < -0.4 is 5.73 Å². The number of ether oxygens (including phenoxy) is 1. The number of aromatic nitrogens is 2. The quantitative estimate of drug-likeness (QED) is 0.899. The van der Waals surface area contributed by atoms with E-state index in [4.69, 9.17) is 10.5 Å². The minimum absolute atomic E-state index is 0.560. The highest BCUT2D eigenvalue weighted by Crippen LogP contribution is 2.36. The first-order valence-electron chi connectivity index (χ1n) is 6.72. The van der Waals surface area contributed by atoms with Gasteiger partial charge in [0.05, 0.1) is 6.20 Å². The van der Waals surface area contributed by atoms with Crippen LogP contribution in [-0.4, -0.2) is 23.0 Å². The second-order valence-corrected chi connectivity index (χ2v) is 5.04. The Balaban J connectivity index is 2.04. The SMILES string of the molecule is Cn1ncc(-c2ccccc2C2CCOCC2)c1N. The fourth-order valence-corrected chi connectivity index (χ4v) is 2.76. The van der Waals surface area contributed by atoms with Gasteiger partial charge in [-0.3, -0.25) is 4.68 Å². The van der Waals surface area contributed by atoms with Crippen molar-refractivity contribution in [3.05, 3.63) is 36.0 Å². The van der Waals surface area contributed by atoms with E-state index >= 15 is 0 Å². The molecule has 4 nitrogen and oxygen atoms in total. The Bertz CT molecular complexity index is 571. The molecule has 0 aliphatic carbocycles. The zero-order valence-electron chi connectivity index (χ0n) is 11.2. The molecule has 1 aliphatic heterocycles. The molecule has 19 heavy (non-hydrogen) atoms. The second-order valence-electron chi connectivity index (χ2n) is 5.04. The van der Waals surface area contributed by atoms with Crippen molar-refractivity contribution in [2.45, 2.75) is 18.8 Å². The summed E-state index contributed by atoms with van der Waals surface area (Å²) in [4.78, 5) is 0. The largest absolute Gasteiger partial charge is 0.383 e. The van der Waals surface area contributed by atoms with Gasteiger partial charge in [0.25, 0.3) is 0 Å². The molecule has 2 N–H and O–H groups in total. The lowest BCUT2D eigenvalue weighted by Gasteiger charge is -2.24. The van der Waals surface area contributed by atoms with Gasteiger partial charge in [-0.15, -0.1) is 0 Å². The third-order valence-corrected chi connectivity index (χ3v) is 3.90. The lowest BCUT2D eigenvalue weighted by atomic mass is 9.86. The third-order valence-electron chi connectivity index (χ3n) is 3.90. The molecule has 4 heteroatoms. The topological polar surface area (TPSA) is 53.1 Å². The molecule has 1 aliphatic rings. The van der Waals surface area contributed by atoms with E-state index in [1.165, 1.54) is 11.1 Å². The number of nitrogen functional groups attached to an aromatic ring is 1. The van der Waals surface area contributed by atoms with Crippen LogP contribution >= 0.6 is 0 Å². The molecule has 1 saturated heterocycles. The number of nitrogens with two attached hydrogens (primary N) is 1. The minimum atomic E-state index is 0.560. The summed E-state index contributed by atoms with van der Waals surface area (Å²) in [5.74, 6) is 1.28. The fourth-order valence-electron chi connectivity index (χ4n) is 2.76. The van der Waals surface area contributed by atoms with E-state index in [9.17, 15) is 0 Å². The predicted molar refractivity (Wildman–Crippen MR) is 75.9 cm³/mol. The summed E-state index contributed by atoms with van der Waals surface area (Å²) in [6.45, 7) is 1.70. The monoisotopic (exact) mass is 257 g/mol. The summed E-state index contributed by atoms with van der Waals surface area (Å²) in [6, 6.07) is 8.50. The van der Waals surface area contributed by atoms with Crippen LogP contribution in [0.1, 0.15) is 24.3 Å². The first kappa shape index (κ1) is 12.2. The molecule has 0 radical (unpaired) electrons. The summed E-state index contributed by atoms with van der Waals surface area (Å²) in [5.41, 5.74) is 9.72. The standard InChI is InChI=1S/C15H19N3O/c1-18-15(16)14(10-17-18)13-5-3-2-4-12(13)11-6-8-19-9-7-11/h2-5,10-11H,6-9,16H2,1H3. The summed E-state index contributed by atoms with van der Waals surface area (Å²) >= 11 is 0. The number of nitrogens with zero attached hydrogens (tertiary/aromatic N) is 2. The van der Waals surface area contributed by atoms with Crippen molar-refractivity contribution >= 4 is 5.82 Å². The molecule has 2 aromatic rings. The lowest BCUT2D eigenvalue weighted by molar-refractivity contribution is 0.0854. The Morgan fingerprint density at radius 3 is 2.63 bits per heavy atom. The van der Waals surface area contributed by atoms with Crippen molar-refractivity contribution in [2.24, 2.45) is 7.05 Å². The molecule has 2 heterocycles. The fraction of sp³-hybridized carbons (Fsp3) is 0.400. The molecular formula is C15H19N3O. The normalized spacial score (nSPS) is 16.7. The molecule has 0 atom stereocenters. The molecule has 1 fully saturated rings. The van der Waals surface area contributed by atoms with Gasteiger partial charge in [-0.1, -0.05) is 24.3 Å². The van der Waals surface area contributed by atoms with Crippen molar-refractivity contribution in [1.29, 1.82) is 0 Å². The van der Waals surface area contributed by atoms with Crippen LogP contribution in [0.15, 0.2) is 30.5 Å². The number of aryl methyl sites for hydroxylation is 1. The maximum absolute atomic E-state index is 6.11. The van der Waals surface area contributed by atoms with Crippen molar-refractivity contribution in [3.8, 4) is 11.1 Å². The number of hydrogen-bond donors (Lipinski definition) is 1. The Labute approximate surface area is 113 Å². The maximum Gasteiger partial charge on any atom is 0.129 e. The second kappa shape index (κ2) is 5.05. The maximum atomic E-state index is 6.11. The number of hydrogen-bond acceptors (Lipinski definition) is 3. The van der Waals surface area contributed by atoms with E-state index in [1.54, 1.807) is 4.68 Å². The van der Waals surface area contributed by atoms with Crippen molar-refractivity contribution < 1.29 is 4.74 Å². The van der Waals surface area contributed by atoms with Gasteiger partial charge in [0, 0.05) is 25.8 Å². The van der Waals surface area contributed by atoms with Crippen molar-refractivity contribution in [1.82, 2.24) is 9.78 Å². The van der Waals surface area contributed by atoms with E-state index in [0.717, 1.165) is 37.4 Å². The molecule has 0 saturated carbocycles. The van der Waals surface area contributed by atoms with Gasteiger partial charge in [-0.05, 0) is 29.9 Å². The van der Waals surface area contributed by atoms with Crippen LogP contribution in [-0.2, 0) is 11.8 Å². The van der Waals surface area contributed by atoms with E-state index in [0.29, 0.717) is 5.92 Å². The zero-order valence-corrected chi connectivity index (χ0v) is 11.2. The van der Waals surface area contributed by atoms with Crippen LogP contribution in [0.3, 0.4) is 0 Å². The third kappa shape index (κ3) is 2.24. The Kier molecular flexibility index (Phi) is 3.25. The average Bonchev–Trinajstić information content (AvgIpc) is 2.80. The number of rotatable bonds is 2. The number of benzene rings is 1. The zero-order chi connectivity index (χ0) is 13.2. The smallest absolute Gasteiger partial charge is 0.129 e. The van der Waals surface area contributed by atoms with Crippen LogP contribution in [0.5, 0.6) is 0 Å². The average molecular weight is 257 g/mol. The van der Waals surface area contributed by atoms with Gasteiger partial charge in [0.1, 0.15) is 5.82 Å². The van der Waals surface area contributed by atoms with Gasteiger partial charge in [-0.2, -0.15) is 5.10 Å². The van der Waals surface area contributed by atoms with E-state index in [1.807, 2.05) is 13.2 Å². The Morgan fingerprint density at radius 2 is 1.95 bits per heavy atom. The Morgan fingerprint density at radius 1 is 1.21 bits per heavy atom. The highest BCUT2D eigenvalue weighted by molar-refractivity contribution is 5.76. The molecule has 100 valence electrons. The summed E-state index contributed by atoms with van der Waals surface area (Å²) in [6.07, 6.45) is 4.02. The summed E-state index contributed by atoms with van der Waals surface area (Å²) in [5, 5.41) is 4.25. The van der Waals surface area contributed by atoms with Gasteiger partial charge in [0.2, 0.25) is 0 Å². The van der Waals surface area contributed by atoms with Crippen molar-refractivity contribution in [3.63, 3.8) is 0 Å². The van der Waals surface area contributed by atoms with Crippen molar-refractivity contribution in [2.75, 3.05) is 18.9 Å². The molecule has 0 unspecified atom stereocenters. The highest BCUT2D eigenvalue weighted by Gasteiger charge is 2.20. The van der Waals surface area contributed by atoms with Gasteiger partial charge in [-0.25, -0.2) is 0 Å². The Hall–Kier alpha value is -1.81. The lowest BCUT2D eigenvalue weighted by Crippen LogP contribution is -2.14. The first-order chi connectivity index (χ1) is 9.27. The molecule has 0 amide bonds. The molecule has 3 rings (SSSR count). The van der Waals surface area contributed by atoms with Gasteiger partial charge in [0.15, 0.2) is 0 Å².